The summed E-state index contributed by atoms with van der Waals surface area (Å²) < 4.78 is 0. The first kappa shape index (κ1) is 15.3. The highest BCUT2D eigenvalue weighted by atomic mass is 16.6. The van der Waals surface area contributed by atoms with Gasteiger partial charge in [-0.1, -0.05) is 0 Å². The molecule has 23 heavy (non-hydrogen) atoms. The molecule has 1 aromatic carbocycles. The number of phenolic OH excluding ortho intramolecular Hbond substituents is 2. The minimum absolute atomic E-state index is 0.337. The second-order valence-electron chi connectivity index (χ2n) is 4.33. The smallest absolute Gasteiger partial charge is 0.311 e. The van der Waals surface area contributed by atoms with E-state index in [0.29, 0.717) is 6.07 Å². The number of anilines is 1. The average Bonchev–Trinajstić information content (AvgIpc) is 2.46. The fourth-order valence-corrected chi connectivity index (χ4v) is 2.02. The van der Waals surface area contributed by atoms with Crippen LogP contribution in [0.1, 0.15) is 11.1 Å². The maximum Gasteiger partial charge on any atom is 0.311 e. The number of nitrogens with one attached hydrogen (secondary N) is 1. The first-order valence-corrected chi connectivity index (χ1v) is 5.88. The molecule has 10 heteroatoms. The van der Waals surface area contributed by atoms with Crippen molar-refractivity contribution < 1.29 is 15.1 Å². The van der Waals surface area contributed by atoms with Gasteiger partial charge in [0.25, 0.3) is 5.56 Å². The summed E-state index contributed by atoms with van der Waals surface area (Å²) in [6, 6.07) is 4.65. The minimum atomic E-state index is -0.924. The zero-order valence-electron chi connectivity index (χ0n) is 11.2. The number of aromatic amines is 1. The summed E-state index contributed by atoms with van der Waals surface area (Å²) in [5.74, 6) is -1.83. The van der Waals surface area contributed by atoms with Crippen molar-refractivity contribution in [1.29, 1.82) is 10.5 Å². The van der Waals surface area contributed by atoms with Crippen molar-refractivity contribution in [3.8, 4) is 34.8 Å². The predicted molar refractivity (Wildman–Crippen MR) is 76.3 cm³/mol. The summed E-state index contributed by atoms with van der Waals surface area (Å²) in [5.41, 5.74) is 2.24. The van der Waals surface area contributed by atoms with Gasteiger partial charge in [-0.05, 0) is 0 Å². The molecular formula is C13H7N5O5. The van der Waals surface area contributed by atoms with Gasteiger partial charge in [0.2, 0.25) is 0 Å². The number of rotatable bonds is 2. The Labute approximate surface area is 127 Å². The Balaban J connectivity index is 3.02. The third-order valence-corrected chi connectivity index (χ3v) is 3.03. The third kappa shape index (κ3) is 2.36. The molecular weight excluding hydrogens is 306 g/mol. The molecule has 0 fully saturated rings. The minimum Gasteiger partial charge on any atom is -0.507 e. The number of phenols is 2. The Hall–Kier alpha value is -4.05. The van der Waals surface area contributed by atoms with Gasteiger partial charge in [0.05, 0.1) is 4.92 Å². The van der Waals surface area contributed by atoms with Gasteiger partial charge >= 0.3 is 5.69 Å². The maximum atomic E-state index is 11.8. The zero-order chi connectivity index (χ0) is 17.3. The van der Waals surface area contributed by atoms with Gasteiger partial charge in [0, 0.05) is 23.3 Å². The summed E-state index contributed by atoms with van der Waals surface area (Å²) in [5, 5.41) is 48.6. The van der Waals surface area contributed by atoms with E-state index in [2.05, 4.69) is 4.98 Å². The summed E-state index contributed by atoms with van der Waals surface area (Å²) in [7, 11) is 0. The van der Waals surface area contributed by atoms with Gasteiger partial charge in [-0.3, -0.25) is 14.9 Å². The third-order valence-electron chi connectivity index (χ3n) is 3.03. The van der Waals surface area contributed by atoms with Crippen LogP contribution in [0.2, 0.25) is 0 Å². The van der Waals surface area contributed by atoms with Crippen molar-refractivity contribution >= 4 is 11.5 Å². The topological polar surface area (TPSA) is 190 Å². The van der Waals surface area contributed by atoms with Gasteiger partial charge in [-0.25, -0.2) is 0 Å². The lowest BCUT2D eigenvalue weighted by atomic mass is 9.95. The monoisotopic (exact) mass is 313 g/mol. The van der Waals surface area contributed by atoms with Crippen LogP contribution >= 0.6 is 0 Å². The highest BCUT2D eigenvalue weighted by Crippen LogP contribution is 2.41. The molecule has 0 amide bonds. The van der Waals surface area contributed by atoms with E-state index in [4.69, 9.17) is 16.3 Å². The lowest BCUT2D eigenvalue weighted by molar-refractivity contribution is -0.385. The molecule has 0 saturated heterocycles. The molecule has 1 heterocycles. The number of nitrogens with two attached hydrogens (primary N) is 1. The standard InChI is InChI=1S/C13H7N5O5/c14-3-6-11(7(4-15)13(21)17-12(6)16)5-1-8(18(22)23)10(20)2-9(5)19/h1-2,19-20H,(H3,16,17,21). The number of pyridine rings is 1. The van der Waals surface area contributed by atoms with Crippen molar-refractivity contribution in [3.05, 3.63) is 43.7 Å². The number of H-pyrrole nitrogens is 1. The van der Waals surface area contributed by atoms with Crippen LogP contribution < -0.4 is 11.3 Å². The fourth-order valence-electron chi connectivity index (χ4n) is 2.02. The van der Waals surface area contributed by atoms with E-state index in [1.165, 1.54) is 0 Å². The predicted octanol–water partition coefficient (Wildman–Crippen LogP) is 0.687. The highest BCUT2D eigenvalue weighted by Gasteiger charge is 2.25. The quantitative estimate of drug-likeness (QED) is 0.459. The molecule has 10 nitrogen and oxygen atoms in total. The van der Waals surface area contributed by atoms with E-state index in [1.807, 2.05) is 0 Å². The van der Waals surface area contributed by atoms with Crippen LogP contribution in [-0.2, 0) is 0 Å². The second kappa shape index (κ2) is 5.38. The number of nitriles is 2. The summed E-state index contributed by atoms with van der Waals surface area (Å²) in [4.78, 5) is 23.9. The molecule has 2 aromatic rings. The molecule has 0 spiro atoms. The van der Waals surface area contributed by atoms with Crippen molar-refractivity contribution in [2.24, 2.45) is 0 Å². The van der Waals surface area contributed by atoms with Crippen LogP contribution in [0.15, 0.2) is 16.9 Å². The first-order valence-electron chi connectivity index (χ1n) is 5.88. The zero-order valence-corrected chi connectivity index (χ0v) is 11.2. The second-order valence-corrected chi connectivity index (χ2v) is 4.33. The molecule has 0 saturated carbocycles. The van der Waals surface area contributed by atoms with Crippen molar-refractivity contribution in [1.82, 2.24) is 4.98 Å². The molecule has 0 aliphatic carbocycles. The number of nitro benzene ring substituents is 1. The van der Waals surface area contributed by atoms with Gasteiger partial charge in [-0.15, -0.1) is 0 Å². The Morgan fingerprint density at radius 1 is 1.17 bits per heavy atom. The van der Waals surface area contributed by atoms with E-state index >= 15 is 0 Å². The highest BCUT2D eigenvalue weighted by molar-refractivity contribution is 5.85. The maximum absolute atomic E-state index is 11.8. The van der Waals surface area contributed by atoms with Crippen LogP contribution in [0.25, 0.3) is 11.1 Å². The first-order chi connectivity index (χ1) is 10.8. The normalized spacial score (nSPS) is 9.83. The van der Waals surface area contributed by atoms with E-state index in [0.717, 1.165) is 6.07 Å². The Morgan fingerprint density at radius 2 is 1.78 bits per heavy atom. The Morgan fingerprint density at radius 3 is 2.30 bits per heavy atom. The fraction of sp³-hybridized carbons (Fsp3) is 0. The molecule has 2 rings (SSSR count). The van der Waals surface area contributed by atoms with E-state index < -0.39 is 33.2 Å². The molecule has 0 unspecified atom stereocenters. The number of benzene rings is 1. The van der Waals surface area contributed by atoms with E-state index in [-0.39, 0.29) is 22.5 Å². The van der Waals surface area contributed by atoms with Crippen molar-refractivity contribution in [3.63, 3.8) is 0 Å². The van der Waals surface area contributed by atoms with Crippen LogP contribution in [0, 0.1) is 32.8 Å². The number of nitrogen functional groups attached to an aromatic ring is 1. The van der Waals surface area contributed by atoms with Gasteiger partial charge in [-0.2, -0.15) is 10.5 Å². The van der Waals surface area contributed by atoms with Crippen molar-refractivity contribution in [2.45, 2.75) is 0 Å². The molecule has 5 N–H and O–H groups in total. The molecule has 114 valence electrons. The largest absolute Gasteiger partial charge is 0.507 e. The van der Waals surface area contributed by atoms with Gasteiger partial charge in [0.1, 0.15) is 34.8 Å². The molecule has 0 radical (unpaired) electrons. The van der Waals surface area contributed by atoms with Crippen molar-refractivity contribution in [2.75, 3.05) is 5.73 Å². The molecule has 1 aromatic heterocycles. The van der Waals surface area contributed by atoms with Gasteiger partial charge in [0.15, 0.2) is 5.75 Å². The number of nitrogens with zero attached hydrogens (tertiary/aromatic N) is 3. The Bertz CT molecular complexity index is 980. The summed E-state index contributed by atoms with van der Waals surface area (Å²) in [6.45, 7) is 0. The van der Waals surface area contributed by atoms with Crippen LogP contribution in [0.4, 0.5) is 11.5 Å². The SMILES string of the molecule is N#Cc1c(N)[nH]c(=O)c(C#N)c1-c1cc([N+](=O)[O-])c(O)cc1O. The van der Waals surface area contributed by atoms with Crippen LogP contribution in [-0.4, -0.2) is 20.1 Å². The average molecular weight is 313 g/mol. The molecule has 0 atom stereocenters. The molecule has 0 bridgehead atoms. The number of hydrogen-bond donors (Lipinski definition) is 4. The number of aromatic nitrogens is 1. The summed E-state index contributed by atoms with van der Waals surface area (Å²) >= 11 is 0. The van der Waals surface area contributed by atoms with E-state index in [9.17, 15) is 25.1 Å². The number of aromatic hydroxyl groups is 2. The van der Waals surface area contributed by atoms with Crippen LogP contribution in [0.5, 0.6) is 11.5 Å². The van der Waals surface area contributed by atoms with Gasteiger partial charge < -0.3 is 20.9 Å². The molecule has 0 aliphatic rings. The molecule has 0 aliphatic heterocycles. The van der Waals surface area contributed by atoms with E-state index in [1.54, 1.807) is 12.1 Å². The summed E-state index contributed by atoms with van der Waals surface area (Å²) in [6.07, 6.45) is 0. The lowest BCUT2D eigenvalue weighted by Gasteiger charge is -2.10. The Kier molecular flexibility index (Phi) is 3.59. The lowest BCUT2D eigenvalue weighted by Crippen LogP contribution is -2.16. The number of nitro groups is 1. The number of hydrogen-bond acceptors (Lipinski definition) is 8. The van der Waals surface area contributed by atoms with Crippen LogP contribution in [0.3, 0.4) is 0 Å².